The maximum Gasteiger partial charge on any atom is 0.315 e. The lowest BCUT2D eigenvalue weighted by Gasteiger charge is -2.18. The van der Waals surface area contributed by atoms with Crippen LogP contribution in [0, 0.1) is 6.92 Å². The van der Waals surface area contributed by atoms with Gasteiger partial charge >= 0.3 is 6.03 Å². The maximum absolute atomic E-state index is 12.2. The van der Waals surface area contributed by atoms with Crippen LogP contribution in [0.3, 0.4) is 0 Å². The first-order valence-electron chi connectivity index (χ1n) is 8.71. The standard InChI is InChI=1S/C20H23N3O4/c1-14-3-5-15(6-4-14)10-21-20(25)22-11-19(24)23(2)12-16-7-8-17-18(9-16)27-13-26-17/h3-9H,10-13H2,1-2H3,(H2,21,22,25). The highest BCUT2D eigenvalue weighted by atomic mass is 16.7. The fraction of sp³-hybridized carbons (Fsp3) is 0.300. The van der Waals surface area contributed by atoms with Crippen LogP contribution in [0.25, 0.3) is 0 Å². The van der Waals surface area contributed by atoms with E-state index in [9.17, 15) is 9.59 Å². The van der Waals surface area contributed by atoms with Crippen molar-refractivity contribution < 1.29 is 19.1 Å². The molecule has 0 atom stereocenters. The predicted octanol–water partition coefficient (Wildman–Crippen LogP) is 2.18. The molecule has 1 aliphatic rings. The summed E-state index contributed by atoms with van der Waals surface area (Å²) in [6, 6.07) is 13.1. The zero-order valence-electron chi connectivity index (χ0n) is 15.5. The Morgan fingerprint density at radius 1 is 1.00 bits per heavy atom. The first-order chi connectivity index (χ1) is 13.0. The average Bonchev–Trinajstić information content (AvgIpc) is 3.13. The smallest absolute Gasteiger partial charge is 0.315 e. The number of hydrogen-bond acceptors (Lipinski definition) is 4. The zero-order valence-corrected chi connectivity index (χ0v) is 15.5. The first kappa shape index (κ1) is 18.6. The van der Waals surface area contributed by atoms with Gasteiger partial charge in [-0.25, -0.2) is 4.79 Å². The summed E-state index contributed by atoms with van der Waals surface area (Å²) in [7, 11) is 1.69. The second-order valence-corrected chi connectivity index (χ2v) is 6.46. The van der Waals surface area contributed by atoms with Crippen molar-refractivity contribution >= 4 is 11.9 Å². The Hall–Kier alpha value is -3.22. The lowest BCUT2D eigenvalue weighted by Crippen LogP contribution is -2.42. The zero-order chi connectivity index (χ0) is 19.2. The van der Waals surface area contributed by atoms with Gasteiger partial charge in [0.25, 0.3) is 0 Å². The molecule has 1 heterocycles. The molecule has 0 spiro atoms. The number of aryl methyl sites for hydroxylation is 1. The molecule has 3 rings (SSSR count). The highest BCUT2D eigenvalue weighted by Crippen LogP contribution is 2.32. The van der Waals surface area contributed by atoms with Crippen molar-refractivity contribution in [2.45, 2.75) is 20.0 Å². The third kappa shape index (κ3) is 5.13. The normalized spacial score (nSPS) is 11.8. The van der Waals surface area contributed by atoms with Crippen LogP contribution < -0.4 is 20.1 Å². The Kier molecular flexibility index (Phi) is 5.80. The van der Waals surface area contributed by atoms with Gasteiger partial charge in [-0.2, -0.15) is 0 Å². The summed E-state index contributed by atoms with van der Waals surface area (Å²) in [4.78, 5) is 25.7. The summed E-state index contributed by atoms with van der Waals surface area (Å²) in [6.07, 6.45) is 0. The monoisotopic (exact) mass is 369 g/mol. The molecule has 0 bridgehead atoms. The Balaban J connectivity index is 1.41. The van der Waals surface area contributed by atoms with Crippen LogP contribution in [-0.4, -0.2) is 37.2 Å². The minimum atomic E-state index is -0.375. The van der Waals surface area contributed by atoms with E-state index in [0.717, 1.165) is 11.1 Å². The Morgan fingerprint density at radius 2 is 1.70 bits per heavy atom. The van der Waals surface area contributed by atoms with Gasteiger partial charge in [-0.05, 0) is 30.2 Å². The van der Waals surface area contributed by atoms with Gasteiger partial charge in [0.1, 0.15) is 0 Å². The van der Waals surface area contributed by atoms with E-state index in [1.165, 1.54) is 5.56 Å². The molecule has 27 heavy (non-hydrogen) atoms. The largest absolute Gasteiger partial charge is 0.454 e. The number of urea groups is 1. The SMILES string of the molecule is Cc1ccc(CNC(=O)NCC(=O)N(C)Cc2ccc3c(c2)OCO3)cc1. The lowest BCUT2D eigenvalue weighted by molar-refractivity contribution is -0.129. The predicted molar refractivity (Wildman–Crippen MR) is 100 cm³/mol. The molecule has 3 amide bonds. The number of rotatable bonds is 6. The van der Waals surface area contributed by atoms with E-state index in [0.29, 0.717) is 24.6 Å². The van der Waals surface area contributed by atoms with Crippen molar-refractivity contribution in [2.24, 2.45) is 0 Å². The van der Waals surface area contributed by atoms with Gasteiger partial charge in [-0.3, -0.25) is 4.79 Å². The first-order valence-corrected chi connectivity index (χ1v) is 8.71. The van der Waals surface area contributed by atoms with E-state index in [-0.39, 0.29) is 25.3 Å². The van der Waals surface area contributed by atoms with E-state index in [1.54, 1.807) is 11.9 Å². The third-order valence-electron chi connectivity index (χ3n) is 4.26. The molecule has 7 heteroatoms. The molecule has 0 aliphatic carbocycles. The van der Waals surface area contributed by atoms with Crippen LogP contribution in [0.5, 0.6) is 11.5 Å². The van der Waals surface area contributed by atoms with Crippen LogP contribution in [0.2, 0.25) is 0 Å². The van der Waals surface area contributed by atoms with Crippen molar-refractivity contribution in [1.29, 1.82) is 0 Å². The molecule has 2 aromatic carbocycles. The molecule has 0 radical (unpaired) electrons. The lowest BCUT2D eigenvalue weighted by atomic mass is 10.1. The number of hydrogen-bond donors (Lipinski definition) is 2. The van der Waals surface area contributed by atoms with Gasteiger partial charge in [0.15, 0.2) is 11.5 Å². The molecule has 7 nitrogen and oxygen atoms in total. The second kappa shape index (κ2) is 8.44. The van der Waals surface area contributed by atoms with Crippen molar-refractivity contribution in [1.82, 2.24) is 15.5 Å². The number of nitrogens with zero attached hydrogens (tertiary/aromatic N) is 1. The number of fused-ring (bicyclic) bond motifs is 1. The molecule has 2 aromatic rings. The molecule has 0 saturated heterocycles. The highest BCUT2D eigenvalue weighted by Gasteiger charge is 2.15. The van der Waals surface area contributed by atoms with Crippen LogP contribution in [0.1, 0.15) is 16.7 Å². The third-order valence-corrected chi connectivity index (χ3v) is 4.26. The summed E-state index contributed by atoms with van der Waals surface area (Å²) >= 11 is 0. The van der Waals surface area contributed by atoms with E-state index < -0.39 is 0 Å². The number of benzene rings is 2. The van der Waals surface area contributed by atoms with Crippen LogP contribution in [-0.2, 0) is 17.9 Å². The van der Waals surface area contributed by atoms with E-state index in [2.05, 4.69) is 10.6 Å². The number of likely N-dealkylation sites (N-methyl/N-ethyl adjacent to an activating group) is 1. The summed E-state index contributed by atoms with van der Waals surface area (Å²) in [5, 5.41) is 5.33. The van der Waals surface area contributed by atoms with Gasteiger partial charge < -0.3 is 25.0 Å². The van der Waals surface area contributed by atoms with E-state index in [4.69, 9.17) is 9.47 Å². The molecular formula is C20H23N3O4. The molecular weight excluding hydrogens is 346 g/mol. The van der Waals surface area contributed by atoms with Gasteiger partial charge in [0.2, 0.25) is 12.7 Å². The Bertz CT molecular complexity index is 820. The van der Waals surface area contributed by atoms with E-state index in [1.807, 2.05) is 49.4 Å². The highest BCUT2D eigenvalue weighted by molar-refractivity contribution is 5.83. The molecule has 0 fully saturated rings. The number of nitrogens with one attached hydrogen (secondary N) is 2. The summed E-state index contributed by atoms with van der Waals surface area (Å²) in [5.41, 5.74) is 3.10. The molecule has 0 unspecified atom stereocenters. The van der Waals surface area contributed by atoms with Gasteiger partial charge in [-0.1, -0.05) is 35.9 Å². The second-order valence-electron chi connectivity index (χ2n) is 6.46. The van der Waals surface area contributed by atoms with Gasteiger partial charge in [0, 0.05) is 20.1 Å². The average molecular weight is 369 g/mol. The fourth-order valence-corrected chi connectivity index (χ4v) is 2.64. The van der Waals surface area contributed by atoms with Crippen LogP contribution in [0.4, 0.5) is 4.79 Å². The molecule has 1 aliphatic heterocycles. The van der Waals surface area contributed by atoms with Crippen LogP contribution >= 0.6 is 0 Å². The number of amides is 3. The Labute approximate surface area is 158 Å². The quantitative estimate of drug-likeness (QED) is 0.818. The molecule has 0 aromatic heterocycles. The van der Waals surface area contributed by atoms with Crippen molar-refractivity contribution in [2.75, 3.05) is 20.4 Å². The topological polar surface area (TPSA) is 79.9 Å². The van der Waals surface area contributed by atoms with Gasteiger partial charge in [-0.15, -0.1) is 0 Å². The van der Waals surface area contributed by atoms with Crippen molar-refractivity contribution in [3.05, 3.63) is 59.2 Å². The number of carbonyl (C=O) groups excluding carboxylic acids is 2. The minimum absolute atomic E-state index is 0.0687. The van der Waals surface area contributed by atoms with Crippen LogP contribution in [0.15, 0.2) is 42.5 Å². The van der Waals surface area contributed by atoms with Gasteiger partial charge in [0.05, 0.1) is 6.54 Å². The summed E-state index contributed by atoms with van der Waals surface area (Å²) < 4.78 is 10.6. The summed E-state index contributed by atoms with van der Waals surface area (Å²) in [6.45, 7) is 2.99. The number of ether oxygens (including phenoxy) is 2. The van der Waals surface area contributed by atoms with Crippen molar-refractivity contribution in [3.8, 4) is 11.5 Å². The van der Waals surface area contributed by atoms with E-state index >= 15 is 0 Å². The summed E-state index contributed by atoms with van der Waals surface area (Å²) in [5.74, 6) is 1.21. The fourth-order valence-electron chi connectivity index (χ4n) is 2.64. The minimum Gasteiger partial charge on any atom is -0.454 e. The number of carbonyl (C=O) groups is 2. The molecule has 2 N–H and O–H groups in total. The molecule has 142 valence electrons. The maximum atomic E-state index is 12.2. The molecule has 0 saturated carbocycles. The van der Waals surface area contributed by atoms with Crippen molar-refractivity contribution in [3.63, 3.8) is 0 Å². The Morgan fingerprint density at radius 3 is 2.48 bits per heavy atom.